The fourth-order valence-electron chi connectivity index (χ4n) is 2.25. The fourth-order valence-corrected chi connectivity index (χ4v) is 2.25. The summed E-state index contributed by atoms with van der Waals surface area (Å²) in [5.74, 6) is 1.86. The minimum absolute atomic E-state index is 0.734. The molecule has 0 unspecified atom stereocenters. The Kier molecular flexibility index (Phi) is 4.26. The molecule has 1 heterocycles. The van der Waals surface area contributed by atoms with Crippen molar-refractivity contribution in [2.75, 3.05) is 19.8 Å². The SMILES string of the molecule is CCc1c(CCCN)ccc2c1OCCCO2. The van der Waals surface area contributed by atoms with Crippen molar-refractivity contribution in [1.82, 2.24) is 0 Å². The van der Waals surface area contributed by atoms with Crippen molar-refractivity contribution in [3.05, 3.63) is 23.3 Å². The molecule has 0 radical (unpaired) electrons. The fraction of sp³-hybridized carbons (Fsp3) is 0.571. The quantitative estimate of drug-likeness (QED) is 0.871. The van der Waals surface area contributed by atoms with Crippen LogP contribution in [0.15, 0.2) is 12.1 Å². The van der Waals surface area contributed by atoms with Crippen LogP contribution >= 0.6 is 0 Å². The van der Waals surface area contributed by atoms with Crippen LogP contribution in [-0.2, 0) is 12.8 Å². The molecule has 3 nitrogen and oxygen atoms in total. The highest BCUT2D eigenvalue weighted by Gasteiger charge is 2.16. The first-order valence-electron chi connectivity index (χ1n) is 6.47. The predicted molar refractivity (Wildman–Crippen MR) is 68.8 cm³/mol. The monoisotopic (exact) mass is 235 g/mol. The van der Waals surface area contributed by atoms with E-state index in [4.69, 9.17) is 15.2 Å². The Hall–Kier alpha value is -1.22. The van der Waals surface area contributed by atoms with Crippen LogP contribution in [-0.4, -0.2) is 19.8 Å². The Morgan fingerprint density at radius 1 is 1.24 bits per heavy atom. The number of hydrogen-bond donors (Lipinski definition) is 1. The molecule has 1 aliphatic heterocycles. The largest absolute Gasteiger partial charge is 0.490 e. The third-order valence-electron chi connectivity index (χ3n) is 3.12. The molecule has 0 aliphatic carbocycles. The second-order valence-electron chi connectivity index (χ2n) is 4.33. The second kappa shape index (κ2) is 5.92. The van der Waals surface area contributed by atoms with E-state index in [0.29, 0.717) is 0 Å². The van der Waals surface area contributed by atoms with Gasteiger partial charge in [-0.2, -0.15) is 0 Å². The normalized spacial score (nSPS) is 14.5. The smallest absolute Gasteiger partial charge is 0.164 e. The molecule has 0 saturated heterocycles. The van der Waals surface area contributed by atoms with Crippen LogP contribution in [0.3, 0.4) is 0 Å². The zero-order valence-corrected chi connectivity index (χ0v) is 10.5. The number of ether oxygens (including phenoxy) is 2. The van der Waals surface area contributed by atoms with E-state index in [9.17, 15) is 0 Å². The highest BCUT2D eigenvalue weighted by Crippen LogP contribution is 2.36. The maximum Gasteiger partial charge on any atom is 0.164 e. The molecule has 3 heteroatoms. The van der Waals surface area contributed by atoms with Gasteiger partial charge in [-0.3, -0.25) is 0 Å². The lowest BCUT2D eigenvalue weighted by molar-refractivity contribution is 0.296. The third kappa shape index (κ3) is 2.72. The molecule has 0 aromatic heterocycles. The van der Waals surface area contributed by atoms with E-state index < -0.39 is 0 Å². The lowest BCUT2D eigenvalue weighted by atomic mass is 9.99. The van der Waals surface area contributed by atoms with E-state index in [1.54, 1.807) is 0 Å². The van der Waals surface area contributed by atoms with Crippen LogP contribution < -0.4 is 15.2 Å². The van der Waals surface area contributed by atoms with Crippen LogP contribution in [0.25, 0.3) is 0 Å². The Labute approximate surface area is 103 Å². The Morgan fingerprint density at radius 2 is 2.06 bits per heavy atom. The van der Waals surface area contributed by atoms with Crippen LogP contribution in [0, 0.1) is 0 Å². The van der Waals surface area contributed by atoms with Gasteiger partial charge in [0.2, 0.25) is 0 Å². The van der Waals surface area contributed by atoms with Gasteiger partial charge in [0.1, 0.15) is 0 Å². The van der Waals surface area contributed by atoms with Gasteiger partial charge in [0.25, 0.3) is 0 Å². The molecule has 0 saturated carbocycles. The highest BCUT2D eigenvalue weighted by atomic mass is 16.5. The first kappa shape index (κ1) is 12.2. The molecule has 0 bridgehead atoms. The lowest BCUT2D eigenvalue weighted by Crippen LogP contribution is -2.04. The molecule has 17 heavy (non-hydrogen) atoms. The Balaban J connectivity index is 2.32. The zero-order valence-electron chi connectivity index (χ0n) is 10.5. The van der Waals surface area contributed by atoms with E-state index in [1.807, 2.05) is 6.07 Å². The van der Waals surface area contributed by atoms with Gasteiger partial charge in [0, 0.05) is 12.0 Å². The van der Waals surface area contributed by atoms with E-state index in [-0.39, 0.29) is 0 Å². The molecule has 1 aromatic carbocycles. The number of hydrogen-bond acceptors (Lipinski definition) is 3. The average Bonchev–Trinajstić information content (AvgIpc) is 2.60. The Morgan fingerprint density at radius 3 is 2.82 bits per heavy atom. The minimum Gasteiger partial charge on any atom is -0.490 e. The molecule has 2 rings (SSSR count). The van der Waals surface area contributed by atoms with Gasteiger partial charge in [0.15, 0.2) is 11.5 Å². The van der Waals surface area contributed by atoms with Crippen LogP contribution in [0.1, 0.15) is 30.9 Å². The van der Waals surface area contributed by atoms with Gasteiger partial charge in [-0.25, -0.2) is 0 Å². The number of nitrogens with two attached hydrogens (primary N) is 1. The molecule has 0 atom stereocenters. The van der Waals surface area contributed by atoms with Gasteiger partial charge in [-0.1, -0.05) is 13.0 Å². The van der Waals surface area contributed by atoms with E-state index in [0.717, 1.165) is 56.9 Å². The summed E-state index contributed by atoms with van der Waals surface area (Å²) in [6, 6.07) is 4.19. The molecule has 2 N–H and O–H groups in total. The maximum atomic E-state index is 5.83. The van der Waals surface area contributed by atoms with E-state index in [2.05, 4.69) is 13.0 Å². The number of rotatable bonds is 4. The summed E-state index contributed by atoms with van der Waals surface area (Å²) in [6.45, 7) is 4.39. The van der Waals surface area contributed by atoms with Crippen LogP contribution in [0.5, 0.6) is 11.5 Å². The third-order valence-corrected chi connectivity index (χ3v) is 3.12. The van der Waals surface area contributed by atoms with Gasteiger partial charge >= 0.3 is 0 Å². The molecule has 1 aliphatic rings. The summed E-state index contributed by atoms with van der Waals surface area (Å²) < 4.78 is 11.5. The molecular weight excluding hydrogens is 214 g/mol. The maximum absolute atomic E-state index is 5.83. The molecule has 0 spiro atoms. The summed E-state index contributed by atoms with van der Waals surface area (Å²) in [6.07, 6.45) is 3.98. The van der Waals surface area contributed by atoms with Crippen molar-refractivity contribution in [3.8, 4) is 11.5 Å². The van der Waals surface area contributed by atoms with Crippen molar-refractivity contribution in [2.24, 2.45) is 5.73 Å². The number of benzene rings is 1. The topological polar surface area (TPSA) is 44.5 Å². The van der Waals surface area contributed by atoms with Crippen LogP contribution in [0.2, 0.25) is 0 Å². The summed E-state index contributed by atoms with van der Waals surface area (Å²) in [5.41, 5.74) is 8.21. The summed E-state index contributed by atoms with van der Waals surface area (Å²) in [5, 5.41) is 0. The van der Waals surface area contributed by atoms with Crippen molar-refractivity contribution in [3.63, 3.8) is 0 Å². The van der Waals surface area contributed by atoms with Crippen molar-refractivity contribution in [2.45, 2.75) is 32.6 Å². The Bertz CT molecular complexity index is 377. The first-order valence-corrected chi connectivity index (χ1v) is 6.47. The molecule has 0 amide bonds. The zero-order chi connectivity index (χ0) is 12.1. The molecular formula is C14H21NO2. The first-order chi connectivity index (χ1) is 8.36. The predicted octanol–water partition coefficient (Wildman–Crippen LogP) is 2.30. The average molecular weight is 235 g/mol. The molecule has 94 valence electrons. The number of aryl methyl sites for hydroxylation is 1. The van der Waals surface area contributed by atoms with Crippen molar-refractivity contribution < 1.29 is 9.47 Å². The summed E-state index contributed by atoms with van der Waals surface area (Å²) in [4.78, 5) is 0. The van der Waals surface area contributed by atoms with Crippen molar-refractivity contribution in [1.29, 1.82) is 0 Å². The minimum atomic E-state index is 0.734. The van der Waals surface area contributed by atoms with Crippen molar-refractivity contribution >= 4 is 0 Å². The lowest BCUT2D eigenvalue weighted by Gasteiger charge is -2.15. The van der Waals surface area contributed by atoms with E-state index in [1.165, 1.54) is 11.1 Å². The van der Waals surface area contributed by atoms with Gasteiger partial charge < -0.3 is 15.2 Å². The summed E-state index contributed by atoms with van der Waals surface area (Å²) in [7, 11) is 0. The molecule has 1 aromatic rings. The number of fused-ring (bicyclic) bond motifs is 1. The highest BCUT2D eigenvalue weighted by molar-refractivity contribution is 5.51. The summed E-state index contributed by atoms with van der Waals surface area (Å²) >= 11 is 0. The molecule has 0 fully saturated rings. The van der Waals surface area contributed by atoms with Gasteiger partial charge in [0.05, 0.1) is 13.2 Å². The van der Waals surface area contributed by atoms with E-state index >= 15 is 0 Å². The second-order valence-corrected chi connectivity index (χ2v) is 4.33. The van der Waals surface area contributed by atoms with Crippen LogP contribution in [0.4, 0.5) is 0 Å². The van der Waals surface area contributed by atoms with Gasteiger partial charge in [-0.15, -0.1) is 0 Å². The van der Waals surface area contributed by atoms with Gasteiger partial charge in [-0.05, 0) is 37.4 Å². The standard InChI is InChI=1S/C14H21NO2/c1-2-12-11(5-3-8-15)6-7-13-14(12)17-10-4-9-16-13/h6-7H,2-5,8-10,15H2,1H3.